The second-order valence-electron chi connectivity index (χ2n) is 6.18. The number of likely N-dealkylation sites (N-methyl/N-ethyl adjacent to an activating group) is 1. The lowest BCUT2D eigenvalue weighted by Gasteiger charge is -2.25. The third-order valence-electron chi connectivity index (χ3n) is 3.96. The molecule has 1 aliphatic rings. The zero-order valence-corrected chi connectivity index (χ0v) is 15.6. The van der Waals surface area contributed by atoms with Crippen LogP contribution in [0.15, 0.2) is 36.4 Å². The maximum absolute atomic E-state index is 12.6. The number of hydrogen-bond acceptors (Lipinski definition) is 6. The van der Waals surface area contributed by atoms with Gasteiger partial charge >= 0.3 is 0 Å². The highest BCUT2D eigenvalue weighted by Crippen LogP contribution is 2.33. The van der Waals surface area contributed by atoms with Crippen molar-refractivity contribution in [3.8, 4) is 0 Å². The number of carbonyl (C=O) groups is 3. The van der Waals surface area contributed by atoms with Crippen molar-refractivity contribution in [3.05, 3.63) is 53.1 Å². The lowest BCUT2D eigenvalue weighted by Crippen LogP contribution is -2.41. The molecule has 0 unspecified atom stereocenters. The van der Waals surface area contributed by atoms with Crippen molar-refractivity contribution in [2.45, 2.75) is 0 Å². The van der Waals surface area contributed by atoms with E-state index in [0.29, 0.717) is 16.3 Å². The first-order valence-electron chi connectivity index (χ1n) is 7.83. The molecule has 0 spiro atoms. The fraction of sp³-hybridized carbons (Fsp3) is 0.167. The van der Waals surface area contributed by atoms with Crippen LogP contribution in [-0.2, 0) is 19.2 Å². The molecule has 8 nitrogen and oxygen atoms in total. The van der Waals surface area contributed by atoms with Crippen molar-refractivity contribution in [3.63, 3.8) is 0 Å². The minimum Gasteiger partial charge on any atom is -0.345 e. The molecule has 1 heterocycles. The Morgan fingerprint density at radius 2 is 1.70 bits per heavy atom. The number of amides is 3. The van der Waals surface area contributed by atoms with E-state index in [-0.39, 0.29) is 22.1 Å². The van der Waals surface area contributed by atoms with Gasteiger partial charge in [-0.25, -0.2) is 0 Å². The Hall–Kier alpha value is -3.04. The molecule has 0 saturated carbocycles. The minimum absolute atomic E-state index is 0.139. The highest BCUT2D eigenvalue weighted by Gasteiger charge is 2.36. The van der Waals surface area contributed by atoms with Crippen LogP contribution >= 0.6 is 0 Å². The van der Waals surface area contributed by atoms with Gasteiger partial charge in [0.1, 0.15) is 0 Å². The molecule has 0 N–H and O–H groups in total. The Kier molecular flexibility index (Phi) is 4.58. The molecular formula is C18H16N2O6S. The molecule has 0 bridgehead atoms. The zero-order chi connectivity index (χ0) is 19.9. The van der Waals surface area contributed by atoms with Crippen LogP contribution in [-0.4, -0.2) is 56.5 Å². The summed E-state index contributed by atoms with van der Waals surface area (Å²) in [5.74, 6) is -1.95. The Balaban J connectivity index is 2.16. The molecule has 140 valence electrons. The molecule has 27 heavy (non-hydrogen) atoms. The molecule has 0 saturated heterocycles. The van der Waals surface area contributed by atoms with Crippen LogP contribution in [0.2, 0.25) is 0 Å². The van der Waals surface area contributed by atoms with Gasteiger partial charge in [0.2, 0.25) is 5.91 Å². The third kappa shape index (κ3) is 3.46. The number of hydrogen-bond donors (Lipinski definition) is 0. The second kappa shape index (κ2) is 6.60. The smallest absolute Gasteiger partial charge is 0.286 e. The molecule has 9 heteroatoms. The molecule has 2 aromatic rings. The predicted molar refractivity (Wildman–Crippen MR) is 98.1 cm³/mol. The first kappa shape index (κ1) is 18.7. The maximum atomic E-state index is 12.6. The summed E-state index contributed by atoms with van der Waals surface area (Å²) in [4.78, 5) is 38.4. The molecule has 1 aliphatic heterocycles. The number of hydroxylamine groups is 2. The van der Waals surface area contributed by atoms with Gasteiger partial charge in [0.25, 0.3) is 21.9 Å². The zero-order valence-electron chi connectivity index (χ0n) is 14.8. The van der Waals surface area contributed by atoms with Crippen LogP contribution < -0.4 is 0 Å². The maximum Gasteiger partial charge on any atom is 0.286 e. The number of rotatable bonds is 4. The minimum atomic E-state index is -4.06. The average molecular weight is 388 g/mol. The summed E-state index contributed by atoms with van der Waals surface area (Å²) in [5.41, 5.74) is 0.920. The van der Waals surface area contributed by atoms with Gasteiger partial charge in [-0.05, 0) is 29.2 Å². The van der Waals surface area contributed by atoms with Crippen LogP contribution in [0.4, 0.5) is 0 Å². The summed E-state index contributed by atoms with van der Waals surface area (Å²) in [6, 6.07) is 7.90. The Morgan fingerprint density at radius 1 is 1.07 bits per heavy atom. The topological polar surface area (TPSA) is 101 Å². The fourth-order valence-corrected chi connectivity index (χ4v) is 3.16. The SMILES string of the molecule is CN(C)C(=O)/C=C/c1ccc2c3c(cccc13)C(=O)N(OS(C)(=O)=O)C2=O. The summed E-state index contributed by atoms with van der Waals surface area (Å²) in [6.45, 7) is 0. The number of imide groups is 1. The van der Waals surface area contributed by atoms with Crippen LogP contribution in [0.3, 0.4) is 0 Å². The summed E-state index contributed by atoms with van der Waals surface area (Å²) in [5, 5.41) is 1.23. The van der Waals surface area contributed by atoms with Gasteiger partial charge in [-0.15, -0.1) is 9.35 Å². The number of carbonyl (C=O) groups excluding carboxylic acids is 3. The average Bonchev–Trinajstić information content (AvgIpc) is 2.60. The van der Waals surface area contributed by atoms with Crippen molar-refractivity contribution >= 4 is 44.7 Å². The van der Waals surface area contributed by atoms with E-state index in [4.69, 9.17) is 0 Å². The lowest BCUT2D eigenvalue weighted by molar-refractivity contribution is -0.123. The van der Waals surface area contributed by atoms with Gasteiger partial charge in [-0.2, -0.15) is 8.42 Å². The fourth-order valence-electron chi connectivity index (χ4n) is 2.76. The van der Waals surface area contributed by atoms with E-state index in [1.165, 1.54) is 23.1 Å². The Labute approximate surface area is 155 Å². The Morgan fingerprint density at radius 3 is 2.30 bits per heavy atom. The largest absolute Gasteiger partial charge is 0.345 e. The summed E-state index contributed by atoms with van der Waals surface area (Å²) >= 11 is 0. The van der Waals surface area contributed by atoms with Crippen molar-refractivity contribution in [1.82, 2.24) is 9.96 Å². The number of benzene rings is 2. The molecule has 3 amide bonds. The summed E-state index contributed by atoms with van der Waals surface area (Å²) in [7, 11) is -0.819. The van der Waals surface area contributed by atoms with Crippen LogP contribution in [0.1, 0.15) is 26.3 Å². The van der Waals surface area contributed by atoms with Crippen LogP contribution in [0.25, 0.3) is 16.8 Å². The van der Waals surface area contributed by atoms with E-state index in [0.717, 1.165) is 6.26 Å². The first-order valence-corrected chi connectivity index (χ1v) is 9.65. The van der Waals surface area contributed by atoms with Gasteiger partial charge in [0, 0.05) is 25.6 Å². The van der Waals surface area contributed by atoms with Gasteiger partial charge in [0.05, 0.1) is 17.4 Å². The van der Waals surface area contributed by atoms with Gasteiger partial charge in [-0.3, -0.25) is 14.4 Å². The molecular weight excluding hydrogens is 372 g/mol. The molecule has 0 atom stereocenters. The molecule has 0 fully saturated rings. The molecule has 0 aromatic heterocycles. The van der Waals surface area contributed by atoms with Crippen molar-refractivity contribution < 1.29 is 27.1 Å². The van der Waals surface area contributed by atoms with Gasteiger partial charge in [0.15, 0.2) is 0 Å². The van der Waals surface area contributed by atoms with Crippen molar-refractivity contribution in [2.24, 2.45) is 0 Å². The van der Waals surface area contributed by atoms with E-state index in [2.05, 4.69) is 4.28 Å². The quantitative estimate of drug-likeness (QED) is 0.580. The van der Waals surface area contributed by atoms with Crippen LogP contribution in [0, 0.1) is 0 Å². The third-order valence-corrected chi connectivity index (χ3v) is 4.38. The molecule has 3 rings (SSSR count). The highest BCUT2D eigenvalue weighted by molar-refractivity contribution is 7.85. The van der Waals surface area contributed by atoms with E-state index < -0.39 is 21.9 Å². The van der Waals surface area contributed by atoms with Crippen LogP contribution in [0.5, 0.6) is 0 Å². The van der Waals surface area contributed by atoms with Gasteiger partial charge in [-0.1, -0.05) is 18.2 Å². The van der Waals surface area contributed by atoms with E-state index >= 15 is 0 Å². The highest BCUT2D eigenvalue weighted by atomic mass is 32.2. The first-order chi connectivity index (χ1) is 12.6. The second-order valence-corrected chi connectivity index (χ2v) is 7.74. The van der Waals surface area contributed by atoms with Gasteiger partial charge < -0.3 is 4.90 Å². The summed E-state index contributed by atoms with van der Waals surface area (Å²) < 4.78 is 27.3. The van der Waals surface area contributed by atoms with E-state index in [1.54, 1.807) is 38.4 Å². The Bertz CT molecular complexity index is 1100. The lowest BCUT2D eigenvalue weighted by atomic mass is 9.92. The molecule has 2 aromatic carbocycles. The number of nitrogens with zero attached hydrogens (tertiary/aromatic N) is 2. The monoisotopic (exact) mass is 388 g/mol. The van der Waals surface area contributed by atoms with Crippen molar-refractivity contribution in [1.29, 1.82) is 0 Å². The summed E-state index contributed by atoms with van der Waals surface area (Å²) in [6.07, 6.45) is 3.73. The van der Waals surface area contributed by atoms with E-state index in [9.17, 15) is 22.8 Å². The predicted octanol–water partition coefficient (Wildman–Crippen LogP) is 1.43. The van der Waals surface area contributed by atoms with Crippen molar-refractivity contribution in [2.75, 3.05) is 20.4 Å². The normalized spacial score (nSPS) is 14.3. The van der Waals surface area contributed by atoms with E-state index in [1.807, 2.05) is 0 Å². The standard InChI is InChI=1S/C18H16N2O6S/c1-19(2)15(21)10-8-11-7-9-14-16-12(11)5-4-6-13(16)17(22)20(18(14)23)26-27(3,24)25/h4-10H,1-3H3/b10-8+. The molecule has 0 radical (unpaired) electrons. The molecule has 0 aliphatic carbocycles.